The topological polar surface area (TPSA) is 49.4 Å². The third kappa shape index (κ3) is 4.95. The zero-order valence-electron chi connectivity index (χ0n) is 14.6. The largest absolute Gasteiger partial charge is 0.352 e. The highest BCUT2D eigenvalue weighted by molar-refractivity contribution is 6.35. The third-order valence-electron chi connectivity index (χ3n) is 4.73. The Bertz CT molecular complexity index is 849. The molecule has 0 aliphatic carbocycles. The van der Waals surface area contributed by atoms with Gasteiger partial charge in [-0.3, -0.25) is 9.59 Å². The number of amides is 2. The molecule has 1 saturated heterocycles. The highest BCUT2D eigenvalue weighted by Crippen LogP contribution is 2.24. The quantitative estimate of drug-likeness (QED) is 0.764. The Morgan fingerprint density at radius 3 is 2.37 bits per heavy atom. The van der Waals surface area contributed by atoms with Crippen molar-refractivity contribution in [2.24, 2.45) is 5.92 Å². The van der Waals surface area contributed by atoms with E-state index >= 15 is 0 Å². The van der Waals surface area contributed by atoms with Crippen molar-refractivity contribution in [2.45, 2.75) is 19.4 Å². The van der Waals surface area contributed by atoms with Crippen molar-refractivity contribution in [3.63, 3.8) is 0 Å². The second kappa shape index (κ2) is 8.96. The summed E-state index contributed by atoms with van der Waals surface area (Å²) in [5.74, 6) is -0.232. The smallest absolute Gasteiger partial charge is 0.255 e. The second-order valence-corrected chi connectivity index (χ2v) is 7.75. The van der Waals surface area contributed by atoms with Crippen LogP contribution < -0.4 is 5.32 Å². The van der Waals surface area contributed by atoms with Gasteiger partial charge in [0.15, 0.2) is 0 Å². The summed E-state index contributed by atoms with van der Waals surface area (Å²) in [7, 11) is 0. The van der Waals surface area contributed by atoms with Crippen LogP contribution in [0, 0.1) is 5.92 Å². The van der Waals surface area contributed by atoms with Gasteiger partial charge in [0.2, 0.25) is 5.91 Å². The van der Waals surface area contributed by atoms with E-state index in [1.807, 2.05) is 0 Å². The Kier molecular flexibility index (Phi) is 6.64. The molecule has 0 aromatic heterocycles. The number of carbonyl (C=O) groups excluding carboxylic acids is 2. The number of hydrogen-bond donors (Lipinski definition) is 1. The second-order valence-electron chi connectivity index (χ2n) is 6.50. The average Bonchev–Trinajstić information content (AvgIpc) is 2.67. The summed E-state index contributed by atoms with van der Waals surface area (Å²) in [6.07, 6.45) is 1.24. The fraction of sp³-hybridized carbons (Fsp3) is 0.300. The minimum atomic E-state index is -0.119. The molecule has 1 fully saturated rings. The summed E-state index contributed by atoms with van der Waals surface area (Å²) >= 11 is 18.1. The number of piperidine rings is 1. The van der Waals surface area contributed by atoms with E-state index in [0.29, 0.717) is 53.1 Å². The maximum absolute atomic E-state index is 12.6. The number of benzene rings is 2. The minimum absolute atomic E-state index is 0.0224. The van der Waals surface area contributed by atoms with Gasteiger partial charge in [0.05, 0.1) is 10.6 Å². The highest BCUT2D eigenvalue weighted by Gasteiger charge is 2.28. The predicted molar refractivity (Wildman–Crippen MR) is 108 cm³/mol. The summed E-state index contributed by atoms with van der Waals surface area (Å²) in [6.45, 7) is 1.42. The minimum Gasteiger partial charge on any atom is -0.352 e. The molecular weight excluding hydrogens is 407 g/mol. The molecule has 0 unspecified atom stereocenters. The first-order chi connectivity index (χ1) is 13.0. The third-order valence-corrected chi connectivity index (χ3v) is 5.64. The lowest BCUT2D eigenvalue weighted by molar-refractivity contribution is -0.126. The van der Waals surface area contributed by atoms with Crippen molar-refractivity contribution in [1.29, 1.82) is 0 Å². The maximum atomic E-state index is 12.6. The van der Waals surface area contributed by atoms with Crippen molar-refractivity contribution in [3.05, 3.63) is 68.7 Å². The molecule has 0 bridgehead atoms. The van der Waals surface area contributed by atoms with E-state index in [9.17, 15) is 9.59 Å². The van der Waals surface area contributed by atoms with Crippen molar-refractivity contribution >= 4 is 46.6 Å². The molecule has 27 heavy (non-hydrogen) atoms. The molecule has 1 N–H and O–H groups in total. The van der Waals surface area contributed by atoms with Crippen LogP contribution in [0.3, 0.4) is 0 Å². The van der Waals surface area contributed by atoms with E-state index in [4.69, 9.17) is 34.8 Å². The number of halogens is 3. The summed E-state index contributed by atoms with van der Waals surface area (Å²) in [5.41, 5.74) is 1.32. The summed E-state index contributed by atoms with van der Waals surface area (Å²) in [6, 6.07) is 12.2. The summed E-state index contributed by atoms with van der Waals surface area (Å²) in [4.78, 5) is 26.8. The molecule has 2 amide bonds. The maximum Gasteiger partial charge on any atom is 0.255 e. The molecule has 2 aromatic carbocycles. The number of likely N-dealkylation sites (tertiary alicyclic amines) is 1. The van der Waals surface area contributed by atoms with Gasteiger partial charge in [-0.2, -0.15) is 0 Å². The lowest BCUT2D eigenvalue weighted by Gasteiger charge is -2.31. The van der Waals surface area contributed by atoms with E-state index in [1.165, 1.54) is 0 Å². The predicted octanol–water partition coefficient (Wildman–Crippen LogP) is 4.82. The normalized spacial score (nSPS) is 14.9. The number of carbonyl (C=O) groups is 2. The van der Waals surface area contributed by atoms with E-state index in [1.54, 1.807) is 47.4 Å². The molecule has 2 aromatic rings. The van der Waals surface area contributed by atoms with E-state index < -0.39 is 0 Å². The Labute approximate surface area is 173 Å². The number of nitrogens with one attached hydrogen (secondary N) is 1. The molecule has 0 saturated carbocycles. The molecule has 1 aliphatic heterocycles. The highest BCUT2D eigenvalue weighted by atomic mass is 35.5. The standard InChI is InChI=1S/C20H19Cl3N2O2/c21-15-6-5-14(18(23)11-15)12-24-19(26)13-7-9-25(10-8-13)20(27)16-3-1-2-4-17(16)22/h1-6,11,13H,7-10,12H2,(H,24,26). The van der Waals surface area contributed by atoms with Gasteiger partial charge >= 0.3 is 0 Å². The number of hydrogen-bond acceptors (Lipinski definition) is 2. The lowest BCUT2D eigenvalue weighted by Crippen LogP contribution is -2.43. The van der Waals surface area contributed by atoms with Gasteiger partial charge in [-0.15, -0.1) is 0 Å². The van der Waals surface area contributed by atoms with Gasteiger partial charge in [0.25, 0.3) is 5.91 Å². The molecule has 1 aliphatic rings. The van der Waals surface area contributed by atoms with Gasteiger partial charge in [-0.1, -0.05) is 53.0 Å². The number of rotatable bonds is 4. The van der Waals surface area contributed by atoms with E-state index in [-0.39, 0.29) is 17.7 Å². The molecule has 142 valence electrons. The molecule has 1 heterocycles. The van der Waals surface area contributed by atoms with Crippen LogP contribution in [-0.2, 0) is 11.3 Å². The zero-order valence-corrected chi connectivity index (χ0v) is 16.8. The van der Waals surface area contributed by atoms with Crippen LogP contribution in [0.25, 0.3) is 0 Å². The summed E-state index contributed by atoms with van der Waals surface area (Å²) < 4.78 is 0. The first-order valence-electron chi connectivity index (χ1n) is 8.71. The van der Waals surface area contributed by atoms with Crippen LogP contribution in [0.5, 0.6) is 0 Å². The molecule has 4 nitrogen and oxygen atoms in total. The van der Waals surface area contributed by atoms with Gasteiger partial charge in [-0.05, 0) is 42.7 Å². The van der Waals surface area contributed by atoms with Crippen molar-refractivity contribution in [1.82, 2.24) is 10.2 Å². The first-order valence-corrected chi connectivity index (χ1v) is 9.84. The zero-order chi connectivity index (χ0) is 19.4. The van der Waals surface area contributed by atoms with Crippen LogP contribution in [0.15, 0.2) is 42.5 Å². The molecule has 0 spiro atoms. The van der Waals surface area contributed by atoms with Crippen LogP contribution >= 0.6 is 34.8 Å². The van der Waals surface area contributed by atoms with Crippen molar-refractivity contribution in [3.8, 4) is 0 Å². The van der Waals surface area contributed by atoms with Crippen molar-refractivity contribution < 1.29 is 9.59 Å². The van der Waals surface area contributed by atoms with E-state index in [0.717, 1.165) is 5.56 Å². The Morgan fingerprint density at radius 2 is 1.70 bits per heavy atom. The Hall–Kier alpha value is -1.75. The number of nitrogens with zero attached hydrogens (tertiary/aromatic N) is 1. The van der Waals surface area contributed by atoms with Gasteiger partial charge in [0.1, 0.15) is 0 Å². The molecule has 0 radical (unpaired) electrons. The van der Waals surface area contributed by atoms with Crippen LogP contribution in [0.2, 0.25) is 15.1 Å². The Balaban J connectivity index is 1.52. The fourth-order valence-electron chi connectivity index (χ4n) is 3.14. The Morgan fingerprint density at radius 1 is 1.00 bits per heavy atom. The SMILES string of the molecule is O=C(NCc1ccc(Cl)cc1Cl)C1CCN(C(=O)c2ccccc2Cl)CC1. The summed E-state index contributed by atoms with van der Waals surface area (Å²) in [5, 5.41) is 4.46. The van der Waals surface area contributed by atoms with Gasteiger partial charge < -0.3 is 10.2 Å². The fourth-order valence-corrected chi connectivity index (χ4v) is 3.83. The first kappa shape index (κ1) is 20.0. The molecular formula is C20H19Cl3N2O2. The molecule has 7 heteroatoms. The van der Waals surface area contributed by atoms with Gasteiger partial charge in [0, 0.05) is 35.6 Å². The van der Waals surface area contributed by atoms with Crippen molar-refractivity contribution in [2.75, 3.05) is 13.1 Å². The van der Waals surface area contributed by atoms with Crippen LogP contribution in [0.4, 0.5) is 0 Å². The van der Waals surface area contributed by atoms with Gasteiger partial charge in [-0.25, -0.2) is 0 Å². The average molecular weight is 426 g/mol. The molecule has 0 atom stereocenters. The van der Waals surface area contributed by atoms with Crippen LogP contribution in [-0.4, -0.2) is 29.8 Å². The molecule has 3 rings (SSSR count). The lowest BCUT2D eigenvalue weighted by atomic mass is 9.95. The monoisotopic (exact) mass is 424 g/mol. The van der Waals surface area contributed by atoms with Crippen LogP contribution in [0.1, 0.15) is 28.8 Å². The van der Waals surface area contributed by atoms with E-state index in [2.05, 4.69) is 5.32 Å².